The van der Waals surface area contributed by atoms with Crippen molar-refractivity contribution in [2.75, 3.05) is 33.1 Å². The summed E-state index contributed by atoms with van der Waals surface area (Å²) in [6.07, 6.45) is 0. The molecule has 1 aromatic heterocycles. The number of benzene rings is 3. The maximum atomic E-state index is 12.5. The van der Waals surface area contributed by atoms with Crippen molar-refractivity contribution in [1.82, 2.24) is 4.31 Å². The van der Waals surface area contributed by atoms with Crippen LogP contribution in [0.15, 0.2) is 70.0 Å². The monoisotopic (exact) mass is 482 g/mol. The number of esters is 1. The third kappa shape index (κ3) is 4.45. The number of carbonyl (C=O) groups is 2. The zero-order chi connectivity index (χ0) is 24.5. The molecule has 0 saturated heterocycles. The van der Waals surface area contributed by atoms with Gasteiger partial charge in [0.2, 0.25) is 10.0 Å². The normalized spacial score (nSPS) is 11.6. The van der Waals surface area contributed by atoms with Gasteiger partial charge in [-0.3, -0.25) is 4.79 Å². The molecule has 0 saturated carbocycles. The first-order chi connectivity index (χ1) is 16.2. The number of para-hydroxylation sites is 1. The van der Waals surface area contributed by atoms with Crippen LogP contribution in [0, 0.1) is 0 Å². The molecular weight excluding hydrogens is 460 g/mol. The lowest BCUT2D eigenvalue weighted by Gasteiger charge is -2.12. The summed E-state index contributed by atoms with van der Waals surface area (Å²) in [6.45, 7) is -0.579. The third-order valence-electron chi connectivity index (χ3n) is 5.16. The predicted octanol–water partition coefficient (Wildman–Crippen LogP) is 3.64. The van der Waals surface area contributed by atoms with Crippen LogP contribution in [0.2, 0.25) is 0 Å². The van der Waals surface area contributed by atoms with E-state index in [1.807, 2.05) is 24.3 Å². The van der Waals surface area contributed by atoms with Gasteiger partial charge < -0.3 is 19.2 Å². The van der Waals surface area contributed by atoms with E-state index in [4.69, 9.17) is 13.9 Å². The molecule has 0 fully saturated rings. The number of rotatable bonds is 7. The fourth-order valence-corrected chi connectivity index (χ4v) is 4.36. The quantitative estimate of drug-likeness (QED) is 0.400. The van der Waals surface area contributed by atoms with Crippen molar-refractivity contribution in [3.63, 3.8) is 0 Å². The van der Waals surface area contributed by atoms with Crippen LogP contribution in [0.4, 0.5) is 5.69 Å². The number of anilines is 1. The molecule has 0 aliphatic carbocycles. The summed E-state index contributed by atoms with van der Waals surface area (Å²) in [6, 6.07) is 16.4. The van der Waals surface area contributed by atoms with Gasteiger partial charge >= 0.3 is 5.97 Å². The summed E-state index contributed by atoms with van der Waals surface area (Å²) >= 11 is 0. The van der Waals surface area contributed by atoms with E-state index in [2.05, 4.69) is 5.32 Å². The van der Waals surface area contributed by atoms with Crippen LogP contribution in [0.1, 0.15) is 10.4 Å². The van der Waals surface area contributed by atoms with Crippen LogP contribution in [-0.4, -0.2) is 52.4 Å². The number of amides is 1. The minimum absolute atomic E-state index is 0.0111. The zero-order valence-electron chi connectivity index (χ0n) is 18.7. The highest BCUT2D eigenvalue weighted by Gasteiger charge is 2.20. The summed E-state index contributed by atoms with van der Waals surface area (Å²) in [5.74, 6) is -1.01. The second-order valence-corrected chi connectivity index (χ2v) is 9.74. The number of nitrogens with zero attached hydrogens (tertiary/aromatic N) is 1. The Bertz CT molecular complexity index is 1510. The molecule has 3 aromatic carbocycles. The molecule has 0 unspecified atom stereocenters. The molecule has 1 heterocycles. The molecule has 0 radical (unpaired) electrons. The maximum absolute atomic E-state index is 12.5. The number of fused-ring (bicyclic) bond motifs is 3. The molecule has 1 amide bonds. The molecule has 0 atom stereocenters. The van der Waals surface area contributed by atoms with Crippen molar-refractivity contribution < 1.29 is 31.9 Å². The topological polar surface area (TPSA) is 115 Å². The number of sulfonamides is 1. The lowest BCUT2D eigenvalue weighted by molar-refractivity contribution is -0.119. The van der Waals surface area contributed by atoms with E-state index in [1.165, 1.54) is 45.5 Å². The van der Waals surface area contributed by atoms with E-state index in [0.29, 0.717) is 22.6 Å². The highest BCUT2D eigenvalue weighted by atomic mass is 32.2. The highest BCUT2D eigenvalue weighted by Crippen LogP contribution is 2.36. The molecule has 10 heteroatoms. The van der Waals surface area contributed by atoms with Gasteiger partial charge in [-0.2, -0.15) is 0 Å². The Morgan fingerprint density at radius 2 is 1.74 bits per heavy atom. The first kappa shape index (κ1) is 23.3. The number of hydrogen-bond donors (Lipinski definition) is 1. The highest BCUT2D eigenvalue weighted by molar-refractivity contribution is 7.89. The first-order valence-electron chi connectivity index (χ1n) is 10.2. The number of furan rings is 1. The summed E-state index contributed by atoms with van der Waals surface area (Å²) in [4.78, 5) is 24.8. The fraction of sp³-hybridized carbons (Fsp3) is 0.167. The van der Waals surface area contributed by atoms with Gasteiger partial charge in [-0.25, -0.2) is 17.5 Å². The van der Waals surface area contributed by atoms with Gasteiger partial charge in [0.25, 0.3) is 5.91 Å². The van der Waals surface area contributed by atoms with Gasteiger partial charge in [0.05, 0.1) is 23.3 Å². The van der Waals surface area contributed by atoms with E-state index in [9.17, 15) is 18.0 Å². The zero-order valence-corrected chi connectivity index (χ0v) is 19.5. The summed E-state index contributed by atoms with van der Waals surface area (Å²) in [5.41, 5.74) is 1.63. The average molecular weight is 483 g/mol. The third-order valence-corrected chi connectivity index (χ3v) is 6.97. The molecular formula is C24H22N2O7S. The second-order valence-electron chi connectivity index (χ2n) is 7.59. The molecule has 4 aromatic rings. The van der Waals surface area contributed by atoms with Crippen LogP contribution in [-0.2, 0) is 19.6 Å². The van der Waals surface area contributed by atoms with E-state index in [0.717, 1.165) is 15.1 Å². The van der Waals surface area contributed by atoms with E-state index < -0.39 is 28.5 Å². The molecule has 0 aliphatic rings. The summed E-state index contributed by atoms with van der Waals surface area (Å²) in [7, 11) is 0.544. The minimum Gasteiger partial charge on any atom is -0.495 e. The molecule has 9 nitrogen and oxygen atoms in total. The Hall–Kier alpha value is -3.89. The minimum atomic E-state index is -3.72. The average Bonchev–Trinajstić information content (AvgIpc) is 3.19. The van der Waals surface area contributed by atoms with Crippen LogP contribution >= 0.6 is 0 Å². The molecule has 34 heavy (non-hydrogen) atoms. The van der Waals surface area contributed by atoms with Gasteiger partial charge in [-0.1, -0.05) is 24.3 Å². The Labute approximate surface area is 195 Å². The van der Waals surface area contributed by atoms with Gasteiger partial charge in [-0.15, -0.1) is 0 Å². The molecule has 4 rings (SSSR count). The Kier molecular flexibility index (Phi) is 6.27. The van der Waals surface area contributed by atoms with Gasteiger partial charge in [0.15, 0.2) is 6.61 Å². The molecule has 0 aliphatic heterocycles. The second kappa shape index (κ2) is 9.16. The van der Waals surface area contributed by atoms with E-state index in [-0.39, 0.29) is 10.5 Å². The van der Waals surface area contributed by atoms with Crippen LogP contribution < -0.4 is 10.1 Å². The lowest BCUT2D eigenvalue weighted by Crippen LogP contribution is -2.23. The Morgan fingerprint density at radius 1 is 0.971 bits per heavy atom. The molecule has 176 valence electrons. The Morgan fingerprint density at radius 3 is 2.47 bits per heavy atom. The molecule has 0 spiro atoms. The largest absolute Gasteiger partial charge is 0.495 e. The first-order valence-corrected chi connectivity index (χ1v) is 11.6. The fourth-order valence-electron chi connectivity index (χ4n) is 3.41. The number of nitrogens with one attached hydrogen (secondary N) is 1. The number of carbonyl (C=O) groups excluding carboxylic acids is 2. The lowest BCUT2D eigenvalue weighted by atomic mass is 10.1. The summed E-state index contributed by atoms with van der Waals surface area (Å²) in [5, 5.41) is 4.41. The smallest absolute Gasteiger partial charge is 0.338 e. The van der Waals surface area contributed by atoms with Gasteiger partial charge in [-0.05, 0) is 30.3 Å². The van der Waals surface area contributed by atoms with Crippen molar-refractivity contribution in [2.45, 2.75) is 4.90 Å². The standard InChI is InChI=1S/C24H22N2O7S/c1-26(2)34(29,30)16-8-6-7-15(11-16)24(28)32-14-23(27)25-19-13-21-18(12-22(19)31-3)17-9-4-5-10-20(17)33-21/h4-13H,14H2,1-3H3,(H,25,27). The van der Waals surface area contributed by atoms with Gasteiger partial charge in [0, 0.05) is 30.9 Å². The number of ether oxygens (including phenoxy) is 2. The van der Waals surface area contributed by atoms with E-state index >= 15 is 0 Å². The van der Waals surface area contributed by atoms with Crippen molar-refractivity contribution in [2.24, 2.45) is 0 Å². The van der Waals surface area contributed by atoms with Gasteiger partial charge in [0.1, 0.15) is 16.9 Å². The van der Waals surface area contributed by atoms with Crippen LogP contribution in [0.5, 0.6) is 5.75 Å². The van der Waals surface area contributed by atoms with Crippen LogP contribution in [0.25, 0.3) is 21.9 Å². The van der Waals surface area contributed by atoms with Crippen molar-refractivity contribution in [1.29, 1.82) is 0 Å². The number of hydrogen-bond acceptors (Lipinski definition) is 7. The molecule has 0 bridgehead atoms. The van der Waals surface area contributed by atoms with Crippen molar-refractivity contribution in [3.8, 4) is 5.75 Å². The van der Waals surface area contributed by atoms with Crippen LogP contribution in [0.3, 0.4) is 0 Å². The summed E-state index contributed by atoms with van der Waals surface area (Å²) < 4.78 is 41.9. The van der Waals surface area contributed by atoms with Crippen molar-refractivity contribution in [3.05, 3.63) is 66.2 Å². The Balaban J connectivity index is 1.48. The molecule has 1 N–H and O–H groups in total. The number of methoxy groups -OCH3 is 1. The SMILES string of the molecule is COc1cc2c(cc1NC(=O)COC(=O)c1cccc(S(=O)(=O)N(C)C)c1)oc1ccccc12. The predicted molar refractivity (Wildman–Crippen MR) is 126 cm³/mol. The maximum Gasteiger partial charge on any atom is 0.338 e. The van der Waals surface area contributed by atoms with Crippen molar-refractivity contribution >= 4 is 49.5 Å². The van der Waals surface area contributed by atoms with E-state index in [1.54, 1.807) is 12.1 Å².